The first-order valence-electron chi connectivity index (χ1n) is 8.56. The quantitative estimate of drug-likeness (QED) is 0.791. The van der Waals surface area contributed by atoms with Gasteiger partial charge >= 0.3 is 0 Å². The van der Waals surface area contributed by atoms with Gasteiger partial charge in [-0.05, 0) is 44.9 Å². The number of rotatable bonds is 3. The minimum atomic E-state index is 0.0459. The molecule has 1 aliphatic carbocycles. The number of ether oxygens (including phenoxy) is 2. The van der Waals surface area contributed by atoms with Gasteiger partial charge in [0, 0.05) is 25.6 Å². The van der Waals surface area contributed by atoms with Crippen LogP contribution in [0.15, 0.2) is 0 Å². The minimum Gasteiger partial charge on any atom is -0.378 e. The third-order valence-corrected chi connectivity index (χ3v) is 5.42. The number of Topliss-reactive ketones (excluding diaryl/α,β-unsaturated/α-hetero) is 1. The highest BCUT2D eigenvalue weighted by Crippen LogP contribution is 2.41. The lowest BCUT2D eigenvalue weighted by atomic mass is 9.74. The molecule has 0 N–H and O–H groups in total. The molecule has 2 heterocycles. The van der Waals surface area contributed by atoms with Crippen LogP contribution in [0.5, 0.6) is 0 Å². The third-order valence-electron chi connectivity index (χ3n) is 5.42. The fraction of sp³-hybridized carbons (Fsp3) is 0.941. The molecule has 3 fully saturated rings. The summed E-state index contributed by atoms with van der Waals surface area (Å²) in [6, 6.07) is 0. The third kappa shape index (κ3) is 3.43. The monoisotopic (exact) mass is 280 g/mol. The van der Waals surface area contributed by atoms with E-state index in [-0.39, 0.29) is 17.6 Å². The van der Waals surface area contributed by atoms with Gasteiger partial charge in [-0.25, -0.2) is 0 Å². The van der Waals surface area contributed by atoms with E-state index in [1.807, 2.05) is 0 Å². The lowest BCUT2D eigenvalue weighted by molar-refractivity contribution is -0.145. The zero-order valence-corrected chi connectivity index (χ0v) is 12.6. The van der Waals surface area contributed by atoms with Crippen LogP contribution in [0.3, 0.4) is 0 Å². The Morgan fingerprint density at radius 3 is 2.60 bits per heavy atom. The average molecular weight is 280 g/mol. The maximum atomic E-state index is 12.6. The Bertz CT molecular complexity index is 322. The second-order valence-corrected chi connectivity index (χ2v) is 6.94. The molecule has 2 atom stereocenters. The average Bonchev–Trinajstić information content (AvgIpc) is 2.49. The summed E-state index contributed by atoms with van der Waals surface area (Å²) in [5.41, 5.74) is 0.0459. The number of carbonyl (C=O) groups is 1. The van der Waals surface area contributed by atoms with Gasteiger partial charge in [-0.1, -0.05) is 19.3 Å². The molecule has 0 bridgehead atoms. The molecule has 3 nitrogen and oxygen atoms in total. The largest absolute Gasteiger partial charge is 0.378 e. The van der Waals surface area contributed by atoms with Gasteiger partial charge in [-0.15, -0.1) is 0 Å². The Morgan fingerprint density at radius 1 is 1.00 bits per heavy atom. The van der Waals surface area contributed by atoms with Crippen LogP contribution < -0.4 is 0 Å². The lowest BCUT2D eigenvalue weighted by Crippen LogP contribution is -2.43. The van der Waals surface area contributed by atoms with Crippen LogP contribution in [0.25, 0.3) is 0 Å². The molecule has 20 heavy (non-hydrogen) atoms. The topological polar surface area (TPSA) is 35.5 Å². The fourth-order valence-electron chi connectivity index (χ4n) is 4.21. The van der Waals surface area contributed by atoms with Crippen LogP contribution in [0.2, 0.25) is 0 Å². The van der Waals surface area contributed by atoms with E-state index in [0.717, 1.165) is 51.7 Å². The Morgan fingerprint density at radius 2 is 1.85 bits per heavy atom. The van der Waals surface area contributed by atoms with Crippen molar-refractivity contribution in [2.75, 3.05) is 13.2 Å². The Hall–Kier alpha value is -0.410. The van der Waals surface area contributed by atoms with E-state index in [9.17, 15) is 4.79 Å². The van der Waals surface area contributed by atoms with Crippen molar-refractivity contribution in [3.8, 4) is 0 Å². The Labute approximate surface area is 122 Å². The van der Waals surface area contributed by atoms with E-state index >= 15 is 0 Å². The van der Waals surface area contributed by atoms with Crippen molar-refractivity contribution < 1.29 is 14.3 Å². The number of hydrogen-bond acceptors (Lipinski definition) is 3. The van der Waals surface area contributed by atoms with Gasteiger partial charge in [-0.2, -0.15) is 0 Å². The van der Waals surface area contributed by atoms with Gasteiger partial charge in [0.2, 0.25) is 0 Å². The molecule has 0 aromatic rings. The summed E-state index contributed by atoms with van der Waals surface area (Å²) in [7, 11) is 0. The summed E-state index contributed by atoms with van der Waals surface area (Å²) in [6.45, 7) is 1.62. The summed E-state index contributed by atoms with van der Waals surface area (Å²) < 4.78 is 11.8. The lowest BCUT2D eigenvalue weighted by Gasteiger charge is -2.43. The summed E-state index contributed by atoms with van der Waals surface area (Å²) in [4.78, 5) is 12.6. The molecule has 0 aromatic heterocycles. The first-order valence-corrected chi connectivity index (χ1v) is 8.56. The second kappa shape index (κ2) is 6.57. The predicted octanol–water partition coefficient (Wildman–Crippen LogP) is 3.64. The van der Waals surface area contributed by atoms with E-state index in [2.05, 4.69) is 0 Å². The van der Waals surface area contributed by atoms with Crippen molar-refractivity contribution in [3.63, 3.8) is 0 Å². The van der Waals surface area contributed by atoms with Crippen molar-refractivity contribution in [3.05, 3.63) is 0 Å². The van der Waals surface area contributed by atoms with Crippen molar-refractivity contribution in [2.45, 2.75) is 82.3 Å². The minimum absolute atomic E-state index is 0.0459. The molecule has 3 rings (SSSR count). The molecular formula is C17H28O3. The summed E-state index contributed by atoms with van der Waals surface area (Å²) in [6.07, 6.45) is 12.4. The molecule has 2 saturated heterocycles. The number of ketones is 1. The zero-order valence-electron chi connectivity index (χ0n) is 12.6. The second-order valence-electron chi connectivity index (χ2n) is 6.94. The van der Waals surface area contributed by atoms with Crippen molar-refractivity contribution in [1.82, 2.24) is 0 Å². The van der Waals surface area contributed by atoms with Crippen LogP contribution >= 0.6 is 0 Å². The smallest absolute Gasteiger partial charge is 0.138 e. The maximum absolute atomic E-state index is 12.6. The molecule has 0 radical (unpaired) electrons. The molecule has 1 spiro atoms. The summed E-state index contributed by atoms with van der Waals surface area (Å²) >= 11 is 0. The molecular weight excluding hydrogens is 252 g/mol. The van der Waals surface area contributed by atoms with Crippen LogP contribution in [-0.4, -0.2) is 30.7 Å². The Balaban J connectivity index is 1.54. The molecule has 0 amide bonds. The fourth-order valence-corrected chi connectivity index (χ4v) is 4.21. The van der Waals surface area contributed by atoms with Gasteiger partial charge in [0.15, 0.2) is 0 Å². The highest BCUT2D eigenvalue weighted by Gasteiger charge is 2.40. The van der Waals surface area contributed by atoms with Gasteiger partial charge in [0.25, 0.3) is 0 Å². The molecule has 3 aliphatic rings. The van der Waals surface area contributed by atoms with Gasteiger partial charge in [0.1, 0.15) is 5.78 Å². The summed E-state index contributed by atoms with van der Waals surface area (Å²) in [5, 5.41) is 0. The highest BCUT2D eigenvalue weighted by atomic mass is 16.5. The molecule has 0 aromatic carbocycles. The van der Waals surface area contributed by atoms with Gasteiger partial charge < -0.3 is 9.47 Å². The standard InChI is InChI=1S/C17H28O3/c18-16(12-15-6-2-5-10-19-15)14-7-11-20-17(13-14)8-3-1-4-9-17/h14-15H,1-13H2. The van der Waals surface area contributed by atoms with E-state index in [1.165, 1.54) is 25.7 Å². The van der Waals surface area contributed by atoms with E-state index in [1.54, 1.807) is 0 Å². The molecule has 114 valence electrons. The molecule has 1 saturated carbocycles. The molecule has 2 aliphatic heterocycles. The normalized spacial score (nSPS) is 34.0. The maximum Gasteiger partial charge on any atom is 0.138 e. The van der Waals surface area contributed by atoms with Crippen LogP contribution in [0.4, 0.5) is 0 Å². The molecule has 3 heteroatoms. The van der Waals surface area contributed by atoms with E-state index < -0.39 is 0 Å². The predicted molar refractivity (Wildman–Crippen MR) is 77.7 cm³/mol. The number of carbonyl (C=O) groups excluding carboxylic acids is 1. The summed E-state index contributed by atoms with van der Waals surface area (Å²) in [5.74, 6) is 0.664. The van der Waals surface area contributed by atoms with E-state index in [4.69, 9.17) is 9.47 Å². The van der Waals surface area contributed by atoms with Crippen molar-refractivity contribution in [1.29, 1.82) is 0 Å². The zero-order chi connectivity index (χ0) is 13.8. The number of hydrogen-bond donors (Lipinski definition) is 0. The molecule has 2 unspecified atom stereocenters. The highest BCUT2D eigenvalue weighted by molar-refractivity contribution is 5.81. The first kappa shape index (κ1) is 14.5. The van der Waals surface area contributed by atoms with Crippen LogP contribution in [-0.2, 0) is 14.3 Å². The van der Waals surface area contributed by atoms with Crippen molar-refractivity contribution >= 4 is 5.78 Å². The van der Waals surface area contributed by atoms with Crippen LogP contribution in [0.1, 0.15) is 70.6 Å². The van der Waals surface area contributed by atoms with E-state index in [0.29, 0.717) is 12.2 Å². The van der Waals surface area contributed by atoms with Gasteiger partial charge in [0.05, 0.1) is 11.7 Å². The Kier molecular flexibility index (Phi) is 4.77. The van der Waals surface area contributed by atoms with Crippen LogP contribution in [0, 0.1) is 5.92 Å². The SMILES string of the molecule is O=C(CC1CCCCO1)C1CCOC2(CCCCC2)C1. The first-order chi connectivity index (χ1) is 9.77. The van der Waals surface area contributed by atoms with Gasteiger partial charge in [-0.3, -0.25) is 4.79 Å². The van der Waals surface area contributed by atoms with Crippen molar-refractivity contribution in [2.24, 2.45) is 5.92 Å².